The van der Waals surface area contributed by atoms with Gasteiger partial charge in [0.25, 0.3) is 5.56 Å². The summed E-state index contributed by atoms with van der Waals surface area (Å²) in [5.41, 5.74) is 2.70. The molecule has 168 valence electrons. The average Bonchev–Trinajstić information content (AvgIpc) is 3.12. The maximum absolute atomic E-state index is 13.0. The van der Waals surface area contributed by atoms with Gasteiger partial charge in [0.1, 0.15) is 11.6 Å². The zero-order chi connectivity index (χ0) is 22.8. The Morgan fingerprint density at radius 1 is 1.44 bits per heavy atom. The summed E-state index contributed by atoms with van der Waals surface area (Å²) in [6.45, 7) is 14.7. The van der Waals surface area contributed by atoms with Crippen LogP contribution in [0, 0.1) is 0 Å². The second-order valence-corrected chi connectivity index (χ2v) is 7.88. The summed E-state index contributed by atoms with van der Waals surface area (Å²) in [5.74, 6) is 0.522. The number of aliphatic hydroxyl groups excluding tert-OH is 1. The van der Waals surface area contributed by atoms with Gasteiger partial charge >= 0.3 is 0 Å². The summed E-state index contributed by atoms with van der Waals surface area (Å²) in [6.07, 6.45) is 4.60. The molecular formula is C23H29N6O3+. The second-order valence-electron chi connectivity index (χ2n) is 7.88. The van der Waals surface area contributed by atoms with E-state index in [1.54, 1.807) is 12.1 Å². The zero-order valence-corrected chi connectivity index (χ0v) is 18.5. The molecule has 0 aromatic carbocycles. The number of hydrogen-bond acceptors (Lipinski definition) is 6. The first kappa shape index (κ1) is 21.8. The average molecular weight is 438 g/mol. The Labute approximate surface area is 186 Å². The molecule has 3 N–H and O–H groups in total. The number of nitrogens with one attached hydrogen (secondary N) is 2. The highest BCUT2D eigenvalue weighted by molar-refractivity contribution is 5.78. The molecule has 0 spiro atoms. The van der Waals surface area contributed by atoms with Gasteiger partial charge in [-0.3, -0.25) is 9.69 Å². The fraction of sp³-hybridized carbons (Fsp3) is 0.391. The van der Waals surface area contributed by atoms with E-state index < -0.39 is 0 Å². The normalized spacial score (nSPS) is 14.4. The molecule has 0 radical (unpaired) electrons. The number of likely N-dealkylation sites (tertiary alicyclic amines) is 1. The Balaban J connectivity index is 1.82. The third-order valence-corrected chi connectivity index (χ3v) is 5.80. The van der Waals surface area contributed by atoms with E-state index in [1.165, 1.54) is 6.20 Å². The highest BCUT2D eigenvalue weighted by Crippen LogP contribution is 2.29. The smallest absolute Gasteiger partial charge is 0.281 e. The van der Waals surface area contributed by atoms with Crippen LogP contribution in [-0.4, -0.2) is 56.3 Å². The summed E-state index contributed by atoms with van der Waals surface area (Å²) in [7, 11) is 0. The lowest BCUT2D eigenvalue weighted by Crippen LogP contribution is -2.61. The van der Waals surface area contributed by atoms with Gasteiger partial charge in [0.05, 0.1) is 25.3 Å². The first-order valence-electron chi connectivity index (χ1n) is 10.9. The molecule has 1 aliphatic rings. The van der Waals surface area contributed by atoms with Gasteiger partial charge in [-0.05, 0) is 19.0 Å². The van der Waals surface area contributed by atoms with Crippen LogP contribution < -0.4 is 15.0 Å². The van der Waals surface area contributed by atoms with Crippen LogP contribution in [0.5, 0.6) is 5.88 Å². The molecular weight excluding hydrogens is 408 g/mol. The second kappa shape index (κ2) is 8.96. The predicted octanol–water partition coefficient (Wildman–Crippen LogP) is 2.52. The van der Waals surface area contributed by atoms with Crippen molar-refractivity contribution in [2.45, 2.75) is 32.7 Å². The SMILES string of the molecule is C=CCCOc1ncc(C(=C)O)cc1-c1nc2c(CC)[n+](C3CN(CC)C3)[nH]c2c(=O)[nH]1. The van der Waals surface area contributed by atoms with Crippen LogP contribution in [0.1, 0.15) is 37.6 Å². The third kappa shape index (κ3) is 3.91. The third-order valence-electron chi connectivity index (χ3n) is 5.80. The molecule has 9 heteroatoms. The van der Waals surface area contributed by atoms with Crippen LogP contribution in [0.15, 0.2) is 36.3 Å². The minimum Gasteiger partial charge on any atom is -0.508 e. The van der Waals surface area contributed by atoms with E-state index in [-0.39, 0.29) is 11.3 Å². The number of ether oxygens (including phenoxy) is 1. The topological polar surface area (TPSA) is 111 Å². The number of nitrogens with zero attached hydrogens (tertiary/aromatic N) is 4. The van der Waals surface area contributed by atoms with Crippen molar-refractivity contribution in [2.24, 2.45) is 0 Å². The van der Waals surface area contributed by atoms with E-state index in [0.717, 1.165) is 31.7 Å². The highest BCUT2D eigenvalue weighted by atomic mass is 16.5. The molecule has 32 heavy (non-hydrogen) atoms. The Morgan fingerprint density at radius 3 is 2.88 bits per heavy atom. The summed E-state index contributed by atoms with van der Waals surface area (Å²) in [4.78, 5) is 27.3. The summed E-state index contributed by atoms with van der Waals surface area (Å²) < 4.78 is 7.87. The number of aliphatic hydroxyl groups is 1. The molecule has 0 unspecified atom stereocenters. The first-order valence-corrected chi connectivity index (χ1v) is 10.9. The molecule has 9 nitrogen and oxygen atoms in total. The van der Waals surface area contributed by atoms with Gasteiger partial charge in [-0.25, -0.2) is 9.97 Å². The van der Waals surface area contributed by atoms with Crippen molar-refractivity contribution in [3.05, 3.63) is 53.1 Å². The zero-order valence-electron chi connectivity index (χ0n) is 18.5. The number of hydrogen-bond donors (Lipinski definition) is 3. The lowest BCUT2D eigenvalue weighted by molar-refractivity contribution is -0.786. The van der Waals surface area contributed by atoms with Crippen molar-refractivity contribution >= 4 is 16.8 Å². The van der Waals surface area contributed by atoms with Crippen LogP contribution in [0.25, 0.3) is 28.2 Å². The quantitative estimate of drug-likeness (QED) is 0.205. The van der Waals surface area contributed by atoms with Crippen LogP contribution in [0.2, 0.25) is 0 Å². The Hall–Kier alpha value is -3.46. The van der Waals surface area contributed by atoms with Gasteiger partial charge in [0.15, 0.2) is 11.0 Å². The van der Waals surface area contributed by atoms with Crippen LogP contribution in [-0.2, 0) is 6.42 Å². The van der Waals surface area contributed by atoms with Crippen LogP contribution >= 0.6 is 0 Å². The van der Waals surface area contributed by atoms with Gasteiger partial charge in [0, 0.05) is 18.2 Å². The lowest BCUT2D eigenvalue weighted by Gasteiger charge is -2.33. The molecule has 0 saturated carbocycles. The number of aryl methyl sites for hydroxylation is 1. The molecule has 0 amide bonds. The molecule has 0 atom stereocenters. The van der Waals surface area contributed by atoms with E-state index in [2.05, 4.69) is 51.7 Å². The molecule has 1 aliphatic heterocycles. The van der Waals surface area contributed by atoms with E-state index in [4.69, 9.17) is 9.72 Å². The first-order chi connectivity index (χ1) is 15.5. The highest BCUT2D eigenvalue weighted by Gasteiger charge is 2.38. The maximum atomic E-state index is 13.0. The van der Waals surface area contributed by atoms with Crippen molar-refractivity contribution in [2.75, 3.05) is 26.2 Å². The fourth-order valence-corrected chi connectivity index (χ4v) is 3.96. The summed E-state index contributed by atoms with van der Waals surface area (Å²) in [5, 5.41) is 13.1. The lowest BCUT2D eigenvalue weighted by atomic mass is 10.1. The van der Waals surface area contributed by atoms with E-state index in [0.29, 0.717) is 52.9 Å². The van der Waals surface area contributed by atoms with Gasteiger partial charge in [-0.1, -0.05) is 26.5 Å². The maximum Gasteiger partial charge on any atom is 0.281 e. The summed E-state index contributed by atoms with van der Waals surface area (Å²) >= 11 is 0. The number of H-pyrrole nitrogens is 2. The number of aromatic nitrogens is 5. The van der Waals surface area contributed by atoms with Gasteiger partial charge in [-0.2, -0.15) is 5.10 Å². The minimum atomic E-state index is -0.268. The Bertz CT molecular complexity index is 1220. The van der Waals surface area contributed by atoms with E-state index >= 15 is 0 Å². The molecule has 0 bridgehead atoms. The van der Waals surface area contributed by atoms with Gasteiger partial charge in [-0.15, -0.1) is 11.3 Å². The Morgan fingerprint density at radius 2 is 2.22 bits per heavy atom. The molecule has 4 rings (SSSR count). The monoisotopic (exact) mass is 437 g/mol. The van der Waals surface area contributed by atoms with Crippen molar-refractivity contribution in [1.82, 2.24) is 25.0 Å². The van der Waals surface area contributed by atoms with Crippen molar-refractivity contribution in [1.29, 1.82) is 0 Å². The van der Waals surface area contributed by atoms with Crippen molar-refractivity contribution in [3.8, 4) is 17.3 Å². The van der Waals surface area contributed by atoms with Crippen LogP contribution in [0.4, 0.5) is 0 Å². The van der Waals surface area contributed by atoms with Gasteiger partial charge in [0.2, 0.25) is 17.6 Å². The molecule has 1 saturated heterocycles. The van der Waals surface area contributed by atoms with Gasteiger partial charge < -0.3 is 14.8 Å². The fourth-order valence-electron chi connectivity index (χ4n) is 3.96. The molecule has 3 aromatic rings. The van der Waals surface area contributed by atoms with E-state index in [1.807, 2.05) is 0 Å². The van der Waals surface area contributed by atoms with E-state index in [9.17, 15) is 9.90 Å². The Kier molecular flexibility index (Phi) is 6.09. The van der Waals surface area contributed by atoms with Crippen molar-refractivity contribution in [3.63, 3.8) is 0 Å². The summed E-state index contributed by atoms with van der Waals surface area (Å²) in [6, 6.07) is 1.96. The number of rotatable bonds is 9. The molecule has 3 aromatic heterocycles. The van der Waals surface area contributed by atoms with Crippen molar-refractivity contribution < 1.29 is 14.5 Å². The largest absolute Gasteiger partial charge is 0.508 e. The molecule has 0 aliphatic carbocycles. The number of aromatic amines is 2. The number of likely N-dealkylation sites (N-methyl/N-ethyl adjacent to an activating group) is 1. The van der Waals surface area contributed by atoms with Crippen LogP contribution in [0.3, 0.4) is 0 Å². The predicted molar refractivity (Wildman–Crippen MR) is 123 cm³/mol. The minimum absolute atomic E-state index is 0.126. The molecule has 1 fully saturated rings. The number of fused-ring (bicyclic) bond motifs is 1. The number of pyridine rings is 1. The standard InChI is InChI=1S/C23H28N6O3/c1-5-8-9-32-23-17(10-15(11-24-23)14(4)30)21-25-19-18(6-2)29(16-12-28(7-3)13-16)27-20(19)22(31)26-21/h5,10-11,16H,1,4,6-9,12-13H2,2-3H3,(H2,25,26,30,31)/p+1. The molecule has 4 heterocycles.